The Labute approximate surface area is 243 Å². The summed E-state index contributed by atoms with van der Waals surface area (Å²) in [5, 5.41) is 8.18. The average Bonchev–Trinajstić information content (AvgIpc) is 3.49. The predicted octanol–water partition coefficient (Wildman–Crippen LogP) is 6.11. The molecular weight excluding hydrogens is 516 g/mol. The minimum atomic E-state index is -0.256. The summed E-state index contributed by atoms with van der Waals surface area (Å²) in [6.07, 6.45) is 2.45. The Bertz CT molecular complexity index is 1330. The van der Waals surface area contributed by atoms with Gasteiger partial charge in [0.1, 0.15) is 12.4 Å². The van der Waals surface area contributed by atoms with Crippen molar-refractivity contribution in [3.63, 3.8) is 0 Å². The maximum Gasteiger partial charge on any atom is 0.323 e. The number of morpholine rings is 1. The molecule has 0 spiro atoms. The van der Waals surface area contributed by atoms with E-state index in [2.05, 4.69) is 59.4 Å². The Balaban J connectivity index is 1.28. The largest absolute Gasteiger partial charge is 0.492 e. The molecule has 2 aliphatic heterocycles. The highest BCUT2D eigenvalue weighted by atomic mass is 16.5. The fourth-order valence-corrected chi connectivity index (χ4v) is 5.67. The van der Waals surface area contributed by atoms with Gasteiger partial charge in [-0.25, -0.2) is 4.79 Å². The van der Waals surface area contributed by atoms with Gasteiger partial charge in [-0.1, -0.05) is 51.1 Å². The SMILES string of the molecule is COCC1CN(CCOc2ccc(NC(=O)Nc3cc(C(C)(C)C)ccc3N3CCCC3)c3ccccc23)CCO1. The second kappa shape index (κ2) is 13.1. The van der Waals surface area contributed by atoms with Crippen LogP contribution in [0.15, 0.2) is 54.6 Å². The molecule has 2 amide bonds. The molecule has 220 valence electrons. The number of anilines is 3. The van der Waals surface area contributed by atoms with E-state index in [-0.39, 0.29) is 17.6 Å². The smallest absolute Gasteiger partial charge is 0.323 e. The lowest BCUT2D eigenvalue weighted by molar-refractivity contribution is -0.0627. The third kappa shape index (κ3) is 7.31. The van der Waals surface area contributed by atoms with Crippen LogP contribution in [0, 0.1) is 0 Å². The first kappa shape index (κ1) is 29.2. The summed E-state index contributed by atoms with van der Waals surface area (Å²) < 4.78 is 17.3. The van der Waals surface area contributed by atoms with Gasteiger partial charge in [0.2, 0.25) is 0 Å². The van der Waals surface area contributed by atoms with Crippen molar-refractivity contribution in [3.8, 4) is 5.75 Å². The van der Waals surface area contributed by atoms with Crippen LogP contribution in [0.4, 0.5) is 21.9 Å². The first-order chi connectivity index (χ1) is 19.8. The average molecular weight is 561 g/mol. The van der Waals surface area contributed by atoms with Crippen LogP contribution in [0.25, 0.3) is 10.8 Å². The second-order valence-corrected chi connectivity index (χ2v) is 12.0. The van der Waals surface area contributed by atoms with Gasteiger partial charge >= 0.3 is 6.03 Å². The quantitative estimate of drug-likeness (QED) is 0.329. The van der Waals surface area contributed by atoms with Gasteiger partial charge in [-0.2, -0.15) is 0 Å². The number of hydrogen-bond acceptors (Lipinski definition) is 6. The Morgan fingerprint density at radius 1 is 0.976 bits per heavy atom. The number of urea groups is 1. The molecule has 1 unspecified atom stereocenters. The molecule has 2 fully saturated rings. The van der Waals surface area contributed by atoms with Crippen molar-refractivity contribution >= 4 is 33.9 Å². The second-order valence-electron chi connectivity index (χ2n) is 12.0. The maximum atomic E-state index is 13.4. The van der Waals surface area contributed by atoms with Gasteiger partial charge in [0.05, 0.1) is 36.4 Å². The van der Waals surface area contributed by atoms with Gasteiger partial charge in [0.15, 0.2) is 0 Å². The third-order valence-electron chi connectivity index (χ3n) is 7.93. The molecule has 8 heteroatoms. The van der Waals surface area contributed by atoms with E-state index in [0.29, 0.717) is 19.8 Å². The molecule has 1 atom stereocenters. The van der Waals surface area contributed by atoms with Crippen LogP contribution < -0.4 is 20.3 Å². The van der Waals surface area contributed by atoms with E-state index >= 15 is 0 Å². The number of ether oxygens (including phenoxy) is 3. The first-order valence-corrected chi connectivity index (χ1v) is 14.8. The van der Waals surface area contributed by atoms with Gasteiger partial charge in [-0.15, -0.1) is 0 Å². The molecule has 8 nitrogen and oxygen atoms in total. The molecule has 0 saturated carbocycles. The van der Waals surface area contributed by atoms with E-state index in [1.165, 1.54) is 18.4 Å². The highest BCUT2D eigenvalue weighted by molar-refractivity contribution is 6.08. The maximum absolute atomic E-state index is 13.4. The number of amides is 2. The van der Waals surface area contributed by atoms with E-state index in [4.69, 9.17) is 14.2 Å². The zero-order valence-electron chi connectivity index (χ0n) is 24.9. The molecule has 3 aromatic carbocycles. The number of nitrogens with one attached hydrogen (secondary N) is 2. The van der Waals surface area contributed by atoms with Crippen LogP contribution in [0.2, 0.25) is 0 Å². The van der Waals surface area contributed by atoms with Gasteiger partial charge in [0.25, 0.3) is 0 Å². The van der Waals surface area contributed by atoms with Gasteiger partial charge in [0, 0.05) is 50.6 Å². The molecule has 0 bridgehead atoms. The Hall–Kier alpha value is -3.33. The van der Waals surface area contributed by atoms with Crippen LogP contribution in [-0.4, -0.2) is 76.7 Å². The van der Waals surface area contributed by atoms with Crippen LogP contribution in [0.5, 0.6) is 5.75 Å². The van der Waals surface area contributed by atoms with Crippen molar-refractivity contribution in [1.82, 2.24) is 4.90 Å². The minimum absolute atomic E-state index is 0.0180. The van der Waals surface area contributed by atoms with Crippen LogP contribution >= 0.6 is 0 Å². The molecule has 2 N–H and O–H groups in total. The van der Waals surface area contributed by atoms with Crippen LogP contribution in [0.1, 0.15) is 39.2 Å². The van der Waals surface area contributed by atoms with E-state index in [1.807, 2.05) is 36.4 Å². The monoisotopic (exact) mass is 560 g/mol. The number of benzene rings is 3. The van der Waals surface area contributed by atoms with Crippen molar-refractivity contribution in [2.24, 2.45) is 0 Å². The van der Waals surface area contributed by atoms with Crippen molar-refractivity contribution < 1.29 is 19.0 Å². The molecular formula is C33H44N4O4. The Kier molecular flexibility index (Phi) is 9.32. The fraction of sp³-hybridized carbons (Fsp3) is 0.485. The third-order valence-corrected chi connectivity index (χ3v) is 7.93. The van der Waals surface area contributed by atoms with E-state index in [1.54, 1.807) is 7.11 Å². The topological polar surface area (TPSA) is 75.3 Å². The number of carbonyl (C=O) groups excluding carboxylic acids is 1. The summed E-state index contributed by atoms with van der Waals surface area (Å²) in [6, 6.07) is 18.1. The molecule has 2 saturated heterocycles. The summed E-state index contributed by atoms with van der Waals surface area (Å²) in [5.74, 6) is 0.808. The molecule has 0 radical (unpaired) electrons. The van der Waals surface area contributed by atoms with Crippen molar-refractivity contribution in [2.45, 2.75) is 45.1 Å². The molecule has 3 aromatic rings. The van der Waals surface area contributed by atoms with Crippen molar-refractivity contribution in [1.29, 1.82) is 0 Å². The fourth-order valence-electron chi connectivity index (χ4n) is 5.67. The molecule has 2 aliphatic rings. The van der Waals surface area contributed by atoms with Gasteiger partial charge in [-0.05, 0) is 48.1 Å². The van der Waals surface area contributed by atoms with E-state index in [0.717, 1.165) is 66.3 Å². The molecule has 0 aromatic heterocycles. The summed E-state index contributed by atoms with van der Waals surface area (Å²) in [7, 11) is 1.70. The lowest BCUT2D eigenvalue weighted by atomic mass is 9.86. The van der Waals surface area contributed by atoms with E-state index < -0.39 is 0 Å². The summed E-state index contributed by atoms with van der Waals surface area (Å²) in [6.45, 7) is 13.0. The molecule has 2 heterocycles. The minimum Gasteiger partial charge on any atom is -0.492 e. The van der Waals surface area contributed by atoms with Gasteiger partial charge in [-0.3, -0.25) is 4.90 Å². The lowest BCUT2D eigenvalue weighted by Crippen LogP contribution is -2.45. The summed E-state index contributed by atoms with van der Waals surface area (Å²) in [4.78, 5) is 18.1. The summed E-state index contributed by atoms with van der Waals surface area (Å²) >= 11 is 0. The normalized spacial score (nSPS) is 18.0. The van der Waals surface area contributed by atoms with Crippen LogP contribution in [0.3, 0.4) is 0 Å². The number of nitrogens with zero attached hydrogens (tertiary/aromatic N) is 2. The number of rotatable bonds is 9. The van der Waals surface area contributed by atoms with Crippen molar-refractivity contribution in [3.05, 3.63) is 60.2 Å². The Morgan fingerprint density at radius 2 is 1.73 bits per heavy atom. The number of carbonyl (C=O) groups is 1. The predicted molar refractivity (Wildman–Crippen MR) is 167 cm³/mol. The van der Waals surface area contributed by atoms with Gasteiger partial charge < -0.3 is 29.7 Å². The lowest BCUT2D eigenvalue weighted by Gasteiger charge is -2.32. The molecule has 0 aliphatic carbocycles. The van der Waals surface area contributed by atoms with Crippen molar-refractivity contribution in [2.75, 3.05) is 75.2 Å². The zero-order chi connectivity index (χ0) is 28.8. The summed E-state index contributed by atoms with van der Waals surface area (Å²) in [5.41, 5.74) is 3.84. The zero-order valence-corrected chi connectivity index (χ0v) is 24.9. The molecule has 41 heavy (non-hydrogen) atoms. The first-order valence-electron chi connectivity index (χ1n) is 14.8. The van der Waals surface area contributed by atoms with Crippen LogP contribution in [-0.2, 0) is 14.9 Å². The Morgan fingerprint density at radius 3 is 2.49 bits per heavy atom. The standard InChI is InChI=1S/C33H44N4O4/c1-33(2,3)24-11-13-30(37-15-7-8-16-37)29(21-24)35-32(38)34-28-12-14-31(27-10-6-5-9-26(27)28)41-20-18-36-17-19-40-25(22-36)23-39-4/h5-6,9-14,21,25H,7-8,15-20,22-23H2,1-4H3,(H2,34,35,38). The number of methoxy groups -OCH3 is 1. The highest BCUT2D eigenvalue weighted by Gasteiger charge is 2.22. The van der Waals surface area contributed by atoms with E-state index in [9.17, 15) is 4.79 Å². The molecule has 5 rings (SSSR count). The highest BCUT2D eigenvalue weighted by Crippen LogP contribution is 2.35. The number of hydrogen-bond donors (Lipinski definition) is 2. The number of fused-ring (bicyclic) bond motifs is 1.